The van der Waals surface area contributed by atoms with Gasteiger partial charge in [0, 0.05) is 23.1 Å². The second-order valence-electron chi connectivity index (χ2n) is 6.48. The van der Waals surface area contributed by atoms with Crippen LogP contribution in [0.3, 0.4) is 0 Å². The molecule has 148 valence electrons. The Hall–Kier alpha value is -2.28. The zero-order valence-electron chi connectivity index (χ0n) is 15.3. The summed E-state index contributed by atoms with van der Waals surface area (Å²) in [5.74, 6) is 1.52. The normalized spacial score (nSPS) is 13.6. The minimum absolute atomic E-state index is 0.0126. The molecule has 4 rings (SSSR count). The van der Waals surface area contributed by atoms with Crippen LogP contribution in [0.2, 0.25) is 10.0 Å². The van der Waals surface area contributed by atoms with Crippen molar-refractivity contribution >= 4 is 46.6 Å². The van der Waals surface area contributed by atoms with Gasteiger partial charge in [0.1, 0.15) is 11.5 Å². The molecule has 1 aromatic heterocycles. The van der Waals surface area contributed by atoms with E-state index in [1.807, 2.05) is 36.4 Å². The van der Waals surface area contributed by atoms with Gasteiger partial charge >= 0.3 is 0 Å². The molecule has 0 saturated heterocycles. The van der Waals surface area contributed by atoms with Gasteiger partial charge in [-0.15, -0.1) is 11.8 Å². The molecule has 0 aliphatic carbocycles. The van der Waals surface area contributed by atoms with Crippen LogP contribution in [0, 0.1) is 0 Å². The fourth-order valence-corrected chi connectivity index (χ4v) is 4.26. The van der Waals surface area contributed by atoms with Crippen LogP contribution in [0.4, 0.5) is 0 Å². The molecule has 0 saturated carbocycles. The molecule has 1 aliphatic rings. The van der Waals surface area contributed by atoms with Crippen LogP contribution < -0.4 is 0 Å². The first-order valence-electron chi connectivity index (χ1n) is 9.02. The number of thioether (sulfide) groups is 1. The zero-order chi connectivity index (χ0) is 20.2. The maximum atomic E-state index is 12.4. The minimum Gasteiger partial charge on any atom is -0.360 e. The summed E-state index contributed by atoms with van der Waals surface area (Å²) in [4.78, 5) is 12.4. The van der Waals surface area contributed by atoms with E-state index in [-0.39, 0.29) is 5.91 Å². The fourth-order valence-electron chi connectivity index (χ4n) is 2.99. The molecule has 0 fully saturated rings. The Labute approximate surface area is 182 Å². The van der Waals surface area contributed by atoms with Gasteiger partial charge < -0.3 is 4.52 Å². The van der Waals surface area contributed by atoms with Gasteiger partial charge in [0.25, 0.3) is 5.91 Å². The van der Waals surface area contributed by atoms with E-state index in [9.17, 15) is 4.79 Å². The van der Waals surface area contributed by atoms with E-state index >= 15 is 0 Å². The van der Waals surface area contributed by atoms with Crippen LogP contribution in [0.5, 0.6) is 0 Å². The number of carbonyl (C=O) groups excluding carboxylic acids is 1. The monoisotopic (exact) mass is 445 g/mol. The Morgan fingerprint density at radius 2 is 1.97 bits per heavy atom. The highest BCUT2D eigenvalue weighted by molar-refractivity contribution is 7.99. The molecule has 0 bridgehead atoms. The largest absolute Gasteiger partial charge is 0.360 e. The minimum atomic E-state index is -0.0126. The second-order valence-corrected chi connectivity index (χ2v) is 8.30. The lowest BCUT2D eigenvalue weighted by Gasteiger charge is -2.10. The molecule has 0 spiro atoms. The number of hydrogen-bond donors (Lipinski definition) is 0. The summed E-state index contributed by atoms with van der Waals surface area (Å²) in [5.41, 5.74) is 3.41. The van der Waals surface area contributed by atoms with Gasteiger partial charge in [0.05, 0.1) is 28.8 Å². The van der Waals surface area contributed by atoms with E-state index in [1.165, 1.54) is 11.8 Å². The average molecular weight is 446 g/mol. The van der Waals surface area contributed by atoms with Crippen molar-refractivity contribution in [3.63, 3.8) is 0 Å². The molecule has 5 nitrogen and oxygen atoms in total. The molecule has 3 aromatic rings. The van der Waals surface area contributed by atoms with E-state index in [2.05, 4.69) is 10.3 Å². The molecule has 1 amide bonds. The molecule has 2 aromatic carbocycles. The van der Waals surface area contributed by atoms with Crippen molar-refractivity contribution in [3.8, 4) is 11.3 Å². The number of hydrazone groups is 1. The van der Waals surface area contributed by atoms with Crippen LogP contribution in [0.25, 0.3) is 11.3 Å². The van der Waals surface area contributed by atoms with Crippen molar-refractivity contribution in [2.24, 2.45) is 5.10 Å². The lowest BCUT2D eigenvalue weighted by atomic mass is 10.1. The topological polar surface area (TPSA) is 58.7 Å². The molecule has 0 N–H and O–H groups in total. The van der Waals surface area contributed by atoms with Crippen molar-refractivity contribution in [3.05, 3.63) is 76.0 Å². The third-order valence-corrected chi connectivity index (χ3v) is 5.92. The lowest BCUT2D eigenvalue weighted by molar-refractivity contribution is -0.127. The number of carbonyl (C=O) groups is 1. The van der Waals surface area contributed by atoms with Crippen LogP contribution in [0.15, 0.2) is 64.2 Å². The summed E-state index contributed by atoms with van der Waals surface area (Å²) in [6, 6.07) is 17.0. The van der Waals surface area contributed by atoms with Gasteiger partial charge in [0.15, 0.2) is 0 Å². The van der Waals surface area contributed by atoms with E-state index in [1.54, 1.807) is 23.2 Å². The zero-order valence-corrected chi connectivity index (χ0v) is 17.7. The van der Waals surface area contributed by atoms with Crippen LogP contribution in [0.1, 0.15) is 17.7 Å². The summed E-state index contributed by atoms with van der Waals surface area (Å²) >= 11 is 13.6. The van der Waals surface area contributed by atoms with Crippen molar-refractivity contribution in [2.75, 3.05) is 12.3 Å². The van der Waals surface area contributed by atoms with E-state index < -0.39 is 0 Å². The Bertz CT molecular complexity index is 1050. The van der Waals surface area contributed by atoms with Crippen LogP contribution in [-0.4, -0.2) is 34.1 Å². The summed E-state index contributed by atoms with van der Waals surface area (Å²) in [6.07, 6.45) is 0.772. The third-order valence-electron chi connectivity index (χ3n) is 4.43. The fraction of sp³-hybridized carbons (Fsp3) is 0.190. The SMILES string of the molecule is O=C(CSCc1cc(-c2ccc(Cl)cc2Cl)no1)N1CCC(c2ccccc2)=N1. The number of aromatic nitrogens is 1. The maximum Gasteiger partial charge on any atom is 0.252 e. The Balaban J connectivity index is 1.31. The van der Waals surface area contributed by atoms with Crippen LogP contribution in [-0.2, 0) is 10.5 Å². The standard InChI is InChI=1S/C21H17Cl2N3O2S/c22-15-6-7-17(18(23)10-15)20-11-16(28-25-20)12-29-13-21(27)26-9-8-19(24-26)14-4-2-1-3-5-14/h1-7,10-11H,8-9,12-13H2. The Morgan fingerprint density at radius 3 is 2.76 bits per heavy atom. The Morgan fingerprint density at radius 1 is 1.14 bits per heavy atom. The highest BCUT2D eigenvalue weighted by Gasteiger charge is 2.21. The number of benzene rings is 2. The average Bonchev–Trinajstić information content (AvgIpc) is 3.39. The van der Waals surface area contributed by atoms with Crippen molar-refractivity contribution in [1.82, 2.24) is 10.2 Å². The van der Waals surface area contributed by atoms with Gasteiger partial charge in [-0.05, 0) is 23.8 Å². The van der Waals surface area contributed by atoms with E-state index in [0.29, 0.717) is 39.5 Å². The van der Waals surface area contributed by atoms with Crippen molar-refractivity contribution in [1.29, 1.82) is 0 Å². The molecule has 0 radical (unpaired) electrons. The van der Waals surface area contributed by atoms with E-state index in [4.69, 9.17) is 27.7 Å². The predicted octanol–water partition coefficient (Wildman–Crippen LogP) is 5.52. The van der Waals surface area contributed by atoms with Gasteiger partial charge in [-0.2, -0.15) is 5.10 Å². The number of hydrogen-bond acceptors (Lipinski definition) is 5. The highest BCUT2D eigenvalue weighted by Crippen LogP contribution is 2.30. The first-order valence-corrected chi connectivity index (χ1v) is 10.9. The molecule has 1 aliphatic heterocycles. The lowest BCUT2D eigenvalue weighted by Crippen LogP contribution is -2.25. The Kier molecular flexibility index (Phi) is 6.23. The van der Waals surface area contributed by atoms with Crippen LogP contribution >= 0.6 is 35.0 Å². The molecule has 8 heteroatoms. The van der Waals surface area contributed by atoms with Gasteiger partial charge in [-0.25, -0.2) is 5.01 Å². The highest BCUT2D eigenvalue weighted by atomic mass is 35.5. The number of amides is 1. The molecule has 29 heavy (non-hydrogen) atoms. The van der Waals surface area contributed by atoms with Gasteiger partial charge in [-0.3, -0.25) is 4.79 Å². The second kappa shape index (κ2) is 9.03. The maximum absolute atomic E-state index is 12.4. The van der Waals surface area contributed by atoms with Crippen molar-refractivity contribution in [2.45, 2.75) is 12.2 Å². The molecule has 0 atom stereocenters. The van der Waals surface area contributed by atoms with Gasteiger partial charge in [-0.1, -0.05) is 58.7 Å². The van der Waals surface area contributed by atoms with Crippen molar-refractivity contribution < 1.29 is 9.32 Å². The van der Waals surface area contributed by atoms with E-state index in [0.717, 1.165) is 23.3 Å². The predicted molar refractivity (Wildman–Crippen MR) is 117 cm³/mol. The molecular formula is C21H17Cl2N3O2S. The smallest absolute Gasteiger partial charge is 0.252 e. The summed E-state index contributed by atoms with van der Waals surface area (Å²) in [7, 11) is 0. The quantitative estimate of drug-likeness (QED) is 0.501. The summed E-state index contributed by atoms with van der Waals surface area (Å²) in [6.45, 7) is 0.616. The molecular weight excluding hydrogens is 429 g/mol. The first kappa shape index (κ1) is 20.0. The van der Waals surface area contributed by atoms with Gasteiger partial charge in [0.2, 0.25) is 0 Å². The number of nitrogens with zero attached hydrogens (tertiary/aromatic N) is 3. The number of rotatable bonds is 6. The summed E-state index contributed by atoms with van der Waals surface area (Å²) < 4.78 is 5.37. The third kappa shape index (κ3) is 4.83. The molecule has 2 heterocycles. The summed E-state index contributed by atoms with van der Waals surface area (Å²) in [5, 5.41) is 11.2. The molecule has 0 unspecified atom stereocenters. The first-order chi connectivity index (χ1) is 14.1. The number of halogens is 2.